The molecule has 0 N–H and O–H groups in total. The average Bonchev–Trinajstić information content (AvgIpc) is 2.83. The zero-order chi connectivity index (χ0) is 30.6. The van der Waals surface area contributed by atoms with Crippen LogP contribution in [0.3, 0.4) is 0 Å². The van der Waals surface area contributed by atoms with Crippen LogP contribution in [0.15, 0.2) is 23.1 Å². The molecule has 41 heavy (non-hydrogen) atoms. The molecule has 1 aliphatic rings. The second-order valence-corrected chi connectivity index (χ2v) is 28.1. The Bertz CT molecular complexity index is 1540. The number of hydrogen-bond acceptors (Lipinski definition) is 7. The Hall–Kier alpha value is -2.40. The van der Waals surface area contributed by atoms with Crippen molar-refractivity contribution >= 4 is 56.6 Å². The van der Waals surface area contributed by atoms with Crippen LogP contribution in [0.4, 0.5) is 10.6 Å². The minimum atomic E-state index is -2.80. The molecule has 4 rings (SSSR count). The number of carbonyl (C=O) groups is 1. The van der Waals surface area contributed by atoms with E-state index in [1.54, 1.807) is 15.7 Å². The molecule has 1 aliphatic heterocycles. The summed E-state index contributed by atoms with van der Waals surface area (Å²) in [4.78, 5) is 52.1. The van der Waals surface area contributed by atoms with E-state index < -0.39 is 29.7 Å². The van der Waals surface area contributed by atoms with Crippen molar-refractivity contribution in [1.29, 1.82) is 0 Å². The van der Waals surface area contributed by atoms with Crippen molar-refractivity contribution < 1.29 is 9.53 Å². The van der Waals surface area contributed by atoms with Crippen LogP contribution in [0.5, 0.6) is 0 Å². The molecule has 0 radical (unpaired) electrons. The Morgan fingerprint density at radius 2 is 1.78 bits per heavy atom. The van der Waals surface area contributed by atoms with Gasteiger partial charge in [0.2, 0.25) is 0 Å². The quantitative estimate of drug-likeness (QED) is 0.328. The number of pyridine rings is 2. The third-order valence-electron chi connectivity index (χ3n) is 7.32. The van der Waals surface area contributed by atoms with E-state index in [1.807, 2.05) is 53.7 Å². The molecule has 2 atom stereocenters. The molecule has 222 valence electrons. The summed E-state index contributed by atoms with van der Waals surface area (Å²) < 4.78 is 8.19. The van der Waals surface area contributed by atoms with Crippen molar-refractivity contribution in [2.45, 2.75) is 93.8 Å². The zero-order valence-corrected chi connectivity index (χ0v) is 29.8. The number of aryl methyl sites for hydroxylation is 1. The number of piperazine rings is 1. The van der Waals surface area contributed by atoms with Gasteiger partial charge in [-0.2, -0.15) is 0 Å². The molecule has 0 aromatic carbocycles. The molecule has 1 saturated heterocycles. The molecule has 3 aromatic rings. The van der Waals surface area contributed by atoms with Gasteiger partial charge >= 0.3 is 232 Å². The second-order valence-electron chi connectivity index (χ2n) is 13.5. The first kappa shape index (κ1) is 31.5. The van der Waals surface area contributed by atoms with Crippen LogP contribution in [0.1, 0.15) is 65.6 Å². The number of amides is 1. The monoisotopic (exact) mass is 690 g/mol. The van der Waals surface area contributed by atoms with Crippen molar-refractivity contribution in [2.75, 3.05) is 18.0 Å². The maximum atomic E-state index is 14.0. The summed E-state index contributed by atoms with van der Waals surface area (Å²) in [6.07, 6.45) is 1.43. The standard InChI is InChI=1S/C27H34ClN6O3.3CH3.Sn/c1-15(2)21-22(16(3)9-10-29-21)34-23-20(11-19(28)12-30-23)24(31-25(34)35)32-13-18(5)33(14-17(32)4)26(36)37-27(6,7)8;;;;/h9-11,15,17-18H,13-14H2,1-8H3;3*1H3;/t17-,18+;;;;/m0..../s1. The Morgan fingerprint density at radius 3 is 2.37 bits per heavy atom. The summed E-state index contributed by atoms with van der Waals surface area (Å²) in [5.74, 6) is 0.615. The van der Waals surface area contributed by atoms with E-state index in [4.69, 9.17) is 21.3 Å². The van der Waals surface area contributed by atoms with Gasteiger partial charge in [0.25, 0.3) is 0 Å². The first-order chi connectivity index (χ1) is 18.9. The summed E-state index contributed by atoms with van der Waals surface area (Å²) in [7, 11) is 0. The van der Waals surface area contributed by atoms with E-state index in [1.165, 1.54) is 0 Å². The maximum absolute atomic E-state index is 14.0. The fraction of sp³-hybridized carbons (Fsp3) is 0.567. The predicted octanol–water partition coefficient (Wildman–Crippen LogP) is 5.64. The fourth-order valence-electron chi connectivity index (χ4n) is 5.33. The molecule has 0 spiro atoms. The number of fused-ring (bicyclic) bond motifs is 1. The van der Waals surface area contributed by atoms with E-state index in [2.05, 4.69) is 43.5 Å². The molecule has 0 saturated carbocycles. The van der Waals surface area contributed by atoms with Crippen LogP contribution in [-0.2, 0) is 4.74 Å². The summed E-state index contributed by atoms with van der Waals surface area (Å²) in [5, 5.41) is 1.31. The zero-order valence-electron chi connectivity index (χ0n) is 26.2. The van der Waals surface area contributed by atoms with E-state index in [0.29, 0.717) is 35.0 Å². The van der Waals surface area contributed by atoms with Crippen molar-refractivity contribution in [2.24, 2.45) is 0 Å². The van der Waals surface area contributed by atoms with Gasteiger partial charge in [-0.15, -0.1) is 0 Å². The summed E-state index contributed by atoms with van der Waals surface area (Å²) in [6, 6.07) is 3.54. The number of anilines is 1. The van der Waals surface area contributed by atoms with Gasteiger partial charge in [-0.3, -0.25) is 0 Å². The molecule has 1 amide bonds. The van der Waals surface area contributed by atoms with E-state index in [-0.39, 0.29) is 24.1 Å². The van der Waals surface area contributed by atoms with Crippen molar-refractivity contribution in [1.82, 2.24) is 24.4 Å². The average molecular weight is 690 g/mol. The molecule has 4 heterocycles. The molecule has 9 nitrogen and oxygen atoms in total. The molecule has 0 aliphatic carbocycles. The van der Waals surface area contributed by atoms with Crippen LogP contribution < -0.4 is 14.3 Å². The molecule has 3 aromatic heterocycles. The van der Waals surface area contributed by atoms with Gasteiger partial charge in [0, 0.05) is 0 Å². The van der Waals surface area contributed by atoms with Crippen molar-refractivity contribution in [3.05, 3.63) is 45.1 Å². The van der Waals surface area contributed by atoms with Crippen LogP contribution in [0.25, 0.3) is 16.7 Å². The SMILES string of the molecule is Cc1ccnc(C(C)C)c1-n1c(=O)nc(N2C[C@@H](C)N(C(=O)OC(C)(C)C)C[C@@H]2C)c2cc(Cl)[c]([Sn]([CH3])([CH3])[CH3])nc21. The predicted molar refractivity (Wildman–Crippen MR) is 169 cm³/mol. The van der Waals surface area contributed by atoms with Gasteiger partial charge in [-0.1, -0.05) is 0 Å². The van der Waals surface area contributed by atoms with E-state index >= 15 is 0 Å². The summed E-state index contributed by atoms with van der Waals surface area (Å²) >= 11 is 4.11. The van der Waals surface area contributed by atoms with Crippen molar-refractivity contribution in [3.63, 3.8) is 0 Å². The second kappa shape index (κ2) is 11.4. The van der Waals surface area contributed by atoms with Gasteiger partial charge < -0.3 is 0 Å². The van der Waals surface area contributed by atoms with Gasteiger partial charge in [-0.25, -0.2) is 0 Å². The van der Waals surface area contributed by atoms with E-state index in [0.717, 1.165) is 20.7 Å². The number of halogens is 1. The third-order valence-corrected chi connectivity index (χ3v) is 13.2. The van der Waals surface area contributed by atoms with Crippen LogP contribution in [0.2, 0.25) is 19.8 Å². The molecular weight excluding hydrogens is 647 g/mol. The fourth-order valence-corrected chi connectivity index (χ4v) is 10.9. The summed E-state index contributed by atoms with van der Waals surface area (Å²) in [5.41, 5.74) is 2.00. The number of nitrogens with zero attached hydrogens (tertiary/aromatic N) is 6. The Labute approximate surface area is 252 Å². The number of rotatable bonds is 4. The van der Waals surface area contributed by atoms with Gasteiger partial charge in [0.1, 0.15) is 0 Å². The topological polar surface area (TPSA) is 93.5 Å². The van der Waals surface area contributed by atoms with Gasteiger partial charge in [0.05, 0.1) is 0 Å². The Balaban J connectivity index is 1.95. The number of carbonyl (C=O) groups excluding carboxylic acids is 1. The van der Waals surface area contributed by atoms with Crippen molar-refractivity contribution in [3.8, 4) is 5.69 Å². The minimum absolute atomic E-state index is 0.0851. The van der Waals surface area contributed by atoms with Gasteiger partial charge in [-0.05, 0) is 20.8 Å². The molecule has 1 fully saturated rings. The number of aromatic nitrogens is 4. The third kappa shape index (κ3) is 6.35. The summed E-state index contributed by atoms with van der Waals surface area (Å²) in [6.45, 7) is 16.6. The van der Waals surface area contributed by atoms with Crippen LogP contribution >= 0.6 is 11.6 Å². The number of hydrogen-bond donors (Lipinski definition) is 0. The Kier molecular flexibility index (Phi) is 8.73. The molecule has 11 heteroatoms. The number of ether oxygens (including phenoxy) is 1. The molecular formula is C30H43ClN6O3Sn. The van der Waals surface area contributed by atoms with E-state index in [9.17, 15) is 9.59 Å². The molecule has 0 unspecified atom stereocenters. The van der Waals surface area contributed by atoms with Gasteiger partial charge in [0.15, 0.2) is 0 Å². The normalized spacial score (nSPS) is 18.4. The first-order valence-electron chi connectivity index (χ1n) is 14.3. The van der Waals surface area contributed by atoms with Crippen LogP contribution in [-0.4, -0.2) is 79.7 Å². The Morgan fingerprint density at radius 1 is 1.12 bits per heavy atom. The first-order valence-corrected chi connectivity index (χ1v) is 24.6. The van der Waals surface area contributed by atoms with Crippen LogP contribution in [0, 0.1) is 6.92 Å². The molecule has 0 bridgehead atoms.